The molecular formula is C14H20O4. The Balaban J connectivity index is 1.99. The van der Waals surface area contributed by atoms with Crippen molar-refractivity contribution in [1.82, 2.24) is 0 Å². The summed E-state index contributed by atoms with van der Waals surface area (Å²) >= 11 is 0. The van der Waals surface area contributed by atoms with E-state index in [2.05, 4.69) is 0 Å². The Morgan fingerprint density at radius 1 is 1.00 bits per heavy atom. The molecule has 0 amide bonds. The molecule has 18 heavy (non-hydrogen) atoms. The van der Waals surface area contributed by atoms with Crippen molar-refractivity contribution in [3.05, 3.63) is 11.1 Å². The van der Waals surface area contributed by atoms with Gasteiger partial charge in [0.2, 0.25) is 0 Å². The Morgan fingerprint density at radius 3 is 2.56 bits per heavy atom. The molecule has 0 heterocycles. The van der Waals surface area contributed by atoms with Crippen LogP contribution in [0.15, 0.2) is 11.1 Å². The standard InChI is InChI=1S/C14H20O4/c15-10-5-4-7-6-11(16)13(17)14(18)12(7)9-3-1-2-8(9)10/h7,11-14,16-18H,1-6H2. The highest BCUT2D eigenvalue weighted by Gasteiger charge is 2.47. The first-order valence-corrected chi connectivity index (χ1v) is 6.89. The van der Waals surface area contributed by atoms with E-state index in [-0.39, 0.29) is 17.6 Å². The van der Waals surface area contributed by atoms with Crippen LogP contribution in [0.5, 0.6) is 0 Å². The lowest BCUT2D eigenvalue weighted by Crippen LogP contribution is -2.50. The van der Waals surface area contributed by atoms with Crippen LogP contribution in [-0.4, -0.2) is 39.4 Å². The van der Waals surface area contributed by atoms with Crippen LogP contribution in [0.3, 0.4) is 0 Å². The van der Waals surface area contributed by atoms with Crippen molar-refractivity contribution in [2.24, 2.45) is 11.8 Å². The summed E-state index contributed by atoms with van der Waals surface area (Å²) in [6, 6.07) is 0. The van der Waals surface area contributed by atoms with Crippen molar-refractivity contribution in [3.8, 4) is 0 Å². The van der Waals surface area contributed by atoms with E-state index in [1.807, 2.05) is 0 Å². The normalized spacial score (nSPS) is 44.6. The van der Waals surface area contributed by atoms with Crippen LogP contribution in [0.1, 0.15) is 38.5 Å². The average molecular weight is 252 g/mol. The van der Waals surface area contributed by atoms with E-state index in [1.54, 1.807) is 0 Å². The summed E-state index contributed by atoms with van der Waals surface area (Å²) in [7, 11) is 0. The predicted molar refractivity (Wildman–Crippen MR) is 64.7 cm³/mol. The molecule has 5 unspecified atom stereocenters. The Kier molecular flexibility index (Phi) is 3.04. The van der Waals surface area contributed by atoms with Gasteiger partial charge in [0.25, 0.3) is 0 Å². The van der Waals surface area contributed by atoms with Gasteiger partial charge in [-0.05, 0) is 43.6 Å². The summed E-state index contributed by atoms with van der Waals surface area (Å²) in [4.78, 5) is 12.0. The molecule has 1 fully saturated rings. The van der Waals surface area contributed by atoms with Gasteiger partial charge in [0.15, 0.2) is 5.78 Å². The number of allylic oxidation sites excluding steroid dienone is 1. The van der Waals surface area contributed by atoms with E-state index in [0.29, 0.717) is 12.8 Å². The Hall–Kier alpha value is -0.710. The first-order valence-electron chi connectivity index (χ1n) is 6.89. The van der Waals surface area contributed by atoms with Gasteiger partial charge in [-0.25, -0.2) is 0 Å². The molecular weight excluding hydrogens is 232 g/mol. The van der Waals surface area contributed by atoms with Crippen molar-refractivity contribution in [2.75, 3.05) is 0 Å². The van der Waals surface area contributed by atoms with Crippen molar-refractivity contribution >= 4 is 5.78 Å². The summed E-state index contributed by atoms with van der Waals surface area (Å²) in [5, 5.41) is 29.9. The zero-order valence-electron chi connectivity index (χ0n) is 10.4. The molecule has 0 bridgehead atoms. The molecule has 1 saturated carbocycles. The molecule has 0 radical (unpaired) electrons. The van der Waals surface area contributed by atoms with Crippen LogP contribution >= 0.6 is 0 Å². The van der Waals surface area contributed by atoms with Crippen LogP contribution in [-0.2, 0) is 4.79 Å². The van der Waals surface area contributed by atoms with Gasteiger partial charge >= 0.3 is 0 Å². The number of carbonyl (C=O) groups is 1. The lowest BCUT2D eigenvalue weighted by molar-refractivity contribution is -0.124. The minimum Gasteiger partial charge on any atom is -0.390 e. The molecule has 4 heteroatoms. The first kappa shape index (κ1) is 12.3. The van der Waals surface area contributed by atoms with Crippen molar-refractivity contribution in [2.45, 2.75) is 56.8 Å². The molecule has 0 aliphatic heterocycles. The van der Waals surface area contributed by atoms with E-state index in [0.717, 1.165) is 36.8 Å². The fourth-order valence-corrected chi connectivity index (χ4v) is 4.02. The number of aliphatic hydroxyl groups is 3. The van der Waals surface area contributed by atoms with Gasteiger partial charge in [-0.15, -0.1) is 0 Å². The second-order valence-corrected chi connectivity index (χ2v) is 5.89. The fraction of sp³-hybridized carbons (Fsp3) is 0.786. The molecule has 4 nitrogen and oxygen atoms in total. The van der Waals surface area contributed by atoms with E-state index < -0.39 is 18.3 Å². The molecule has 0 aromatic rings. The number of aliphatic hydroxyl groups excluding tert-OH is 3. The number of hydrogen-bond donors (Lipinski definition) is 3. The van der Waals surface area contributed by atoms with E-state index in [4.69, 9.17) is 0 Å². The summed E-state index contributed by atoms with van der Waals surface area (Å²) in [5.74, 6) is 0.230. The molecule has 3 aliphatic carbocycles. The number of carbonyl (C=O) groups excluding carboxylic acids is 1. The highest BCUT2D eigenvalue weighted by atomic mass is 16.4. The predicted octanol–water partition coefficient (Wildman–Crippen LogP) is 0.549. The summed E-state index contributed by atoms with van der Waals surface area (Å²) in [6.07, 6.45) is 1.54. The van der Waals surface area contributed by atoms with Gasteiger partial charge in [0, 0.05) is 12.3 Å². The van der Waals surface area contributed by atoms with Crippen LogP contribution in [0.25, 0.3) is 0 Å². The van der Waals surface area contributed by atoms with Gasteiger partial charge in [0.1, 0.15) is 6.10 Å². The maximum atomic E-state index is 12.0. The molecule has 5 atom stereocenters. The first-order chi connectivity index (χ1) is 8.59. The smallest absolute Gasteiger partial charge is 0.158 e. The third kappa shape index (κ3) is 1.75. The minimum atomic E-state index is -1.08. The second-order valence-electron chi connectivity index (χ2n) is 5.89. The quantitative estimate of drug-likeness (QED) is 0.588. The van der Waals surface area contributed by atoms with Gasteiger partial charge in [-0.2, -0.15) is 0 Å². The molecule has 0 aromatic carbocycles. The van der Waals surface area contributed by atoms with Crippen molar-refractivity contribution in [1.29, 1.82) is 0 Å². The number of rotatable bonds is 0. The Labute approximate surface area is 106 Å². The van der Waals surface area contributed by atoms with E-state index in [1.165, 1.54) is 0 Å². The zero-order chi connectivity index (χ0) is 12.9. The SMILES string of the molecule is O=C1CCC2CC(O)C(O)C(O)C2C2=C1CCC2. The van der Waals surface area contributed by atoms with Crippen molar-refractivity contribution < 1.29 is 20.1 Å². The molecule has 0 aromatic heterocycles. The Morgan fingerprint density at radius 2 is 1.78 bits per heavy atom. The highest BCUT2D eigenvalue weighted by Crippen LogP contribution is 2.46. The van der Waals surface area contributed by atoms with E-state index >= 15 is 0 Å². The maximum Gasteiger partial charge on any atom is 0.158 e. The van der Waals surface area contributed by atoms with Gasteiger partial charge < -0.3 is 15.3 Å². The van der Waals surface area contributed by atoms with Crippen LogP contribution < -0.4 is 0 Å². The van der Waals surface area contributed by atoms with Crippen LogP contribution in [0.2, 0.25) is 0 Å². The summed E-state index contributed by atoms with van der Waals surface area (Å²) in [6.45, 7) is 0. The lowest BCUT2D eigenvalue weighted by atomic mass is 9.70. The van der Waals surface area contributed by atoms with Gasteiger partial charge in [-0.3, -0.25) is 4.79 Å². The monoisotopic (exact) mass is 252 g/mol. The molecule has 3 rings (SSSR count). The third-order valence-corrected chi connectivity index (χ3v) is 4.91. The van der Waals surface area contributed by atoms with Crippen molar-refractivity contribution in [3.63, 3.8) is 0 Å². The second kappa shape index (κ2) is 4.44. The number of Topliss-reactive ketones (excluding diaryl/α,β-unsaturated/α-hetero) is 1. The fourth-order valence-electron chi connectivity index (χ4n) is 4.02. The van der Waals surface area contributed by atoms with E-state index in [9.17, 15) is 20.1 Å². The number of fused-ring (bicyclic) bond motifs is 2. The van der Waals surface area contributed by atoms with Gasteiger partial charge in [-0.1, -0.05) is 5.57 Å². The molecule has 3 N–H and O–H groups in total. The number of hydrogen-bond acceptors (Lipinski definition) is 4. The minimum absolute atomic E-state index is 0.118. The third-order valence-electron chi connectivity index (χ3n) is 4.91. The highest BCUT2D eigenvalue weighted by molar-refractivity contribution is 5.97. The largest absolute Gasteiger partial charge is 0.390 e. The Bertz CT molecular complexity index is 401. The molecule has 100 valence electrons. The molecule has 0 spiro atoms. The average Bonchev–Trinajstić information content (AvgIpc) is 2.77. The maximum absolute atomic E-state index is 12.0. The van der Waals surface area contributed by atoms with Gasteiger partial charge in [0.05, 0.1) is 12.2 Å². The summed E-state index contributed by atoms with van der Waals surface area (Å²) < 4.78 is 0. The number of ketones is 1. The molecule has 3 aliphatic rings. The van der Waals surface area contributed by atoms with Crippen LogP contribution in [0.4, 0.5) is 0 Å². The summed E-state index contributed by atoms with van der Waals surface area (Å²) in [5.41, 5.74) is 1.98. The lowest BCUT2D eigenvalue weighted by Gasteiger charge is -2.41. The van der Waals surface area contributed by atoms with Crippen LogP contribution in [0, 0.1) is 11.8 Å². The molecule has 0 saturated heterocycles. The topological polar surface area (TPSA) is 77.8 Å². The zero-order valence-corrected chi connectivity index (χ0v) is 10.4.